The van der Waals surface area contributed by atoms with Gasteiger partial charge in [0.2, 0.25) is 0 Å². The molecule has 0 fully saturated rings. The number of nitrogens with zero attached hydrogens (tertiary/aromatic N) is 1. The van der Waals surface area contributed by atoms with Crippen molar-refractivity contribution < 1.29 is 14.3 Å². The molecule has 1 unspecified atom stereocenters. The number of carbonyl (C=O) groups is 1. The van der Waals surface area contributed by atoms with Crippen LogP contribution in [0.2, 0.25) is 0 Å². The predicted octanol–water partition coefficient (Wildman–Crippen LogP) is 5.11. The molecule has 1 aliphatic heterocycles. The van der Waals surface area contributed by atoms with Crippen LogP contribution in [-0.2, 0) is 26.4 Å². The summed E-state index contributed by atoms with van der Waals surface area (Å²) in [6, 6.07) is 8.28. The summed E-state index contributed by atoms with van der Waals surface area (Å²) in [4.78, 5) is 14.2. The van der Waals surface area contributed by atoms with Gasteiger partial charge in [-0.25, -0.2) is 0 Å². The Hall–Kier alpha value is -1.39. The van der Waals surface area contributed by atoms with Crippen molar-refractivity contribution in [1.29, 1.82) is 0 Å². The maximum atomic E-state index is 12.0. The van der Waals surface area contributed by atoms with Crippen LogP contribution in [-0.4, -0.2) is 30.3 Å². The number of benzene rings is 1. The van der Waals surface area contributed by atoms with Crippen LogP contribution in [0, 0.1) is 0 Å². The highest BCUT2D eigenvalue weighted by Gasteiger charge is 2.43. The zero-order chi connectivity index (χ0) is 19.5. The Bertz CT molecular complexity index is 502. The number of rotatable bonds is 6. The molecule has 2 rings (SSSR count). The Morgan fingerprint density at radius 2 is 1.80 bits per heavy atom. The van der Waals surface area contributed by atoms with Gasteiger partial charge in [-0.1, -0.05) is 52.0 Å². The second-order valence-electron chi connectivity index (χ2n) is 5.96. The molecule has 144 valence electrons. The van der Waals surface area contributed by atoms with Crippen LogP contribution in [0.4, 0.5) is 0 Å². The minimum absolute atomic E-state index is 0.161. The molecule has 0 amide bonds. The molecule has 0 saturated heterocycles. The molecule has 1 aromatic carbocycles. The van der Waals surface area contributed by atoms with E-state index in [2.05, 4.69) is 24.0 Å². The van der Waals surface area contributed by atoms with Crippen LogP contribution in [0.1, 0.15) is 72.9 Å². The van der Waals surface area contributed by atoms with Gasteiger partial charge in [0.1, 0.15) is 6.73 Å². The molecule has 4 nitrogen and oxygen atoms in total. The fourth-order valence-corrected chi connectivity index (χ4v) is 2.86. The summed E-state index contributed by atoms with van der Waals surface area (Å²) in [7, 11) is 0. The van der Waals surface area contributed by atoms with Gasteiger partial charge in [-0.3, -0.25) is 9.69 Å². The maximum Gasteiger partial charge on any atom is 0.308 e. The largest absolute Gasteiger partial charge is 0.466 e. The van der Waals surface area contributed by atoms with E-state index in [9.17, 15) is 4.79 Å². The normalized spacial score (nSPS) is 18.6. The van der Waals surface area contributed by atoms with Crippen LogP contribution in [0.15, 0.2) is 24.3 Å². The molecule has 25 heavy (non-hydrogen) atoms. The monoisotopic (exact) mass is 351 g/mol. The lowest BCUT2D eigenvalue weighted by Gasteiger charge is -2.35. The standard InChI is InChI=1S/C17H25NO3.2C2H6/c1-5-20-16(19)10-17(4)15-9-7-6-8-14(15)11-18(17)12-21-13(2)3;2*1-2/h6-9,13H,5,10-12H2,1-4H3;2*1-2H3. The molecule has 1 aliphatic rings. The van der Waals surface area contributed by atoms with Crippen molar-refractivity contribution in [3.63, 3.8) is 0 Å². The Balaban J connectivity index is 0.00000134. The van der Waals surface area contributed by atoms with E-state index in [1.807, 2.05) is 60.6 Å². The average molecular weight is 352 g/mol. The quantitative estimate of drug-likeness (QED) is 0.668. The Morgan fingerprint density at radius 3 is 2.36 bits per heavy atom. The molecule has 4 heteroatoms. The predicted molar refractivity (Wildman–Crippen MR) is 104 cm³/mol. The number of fused-ring (bicyclic) bond motifs is 1. The van der Waals surface area contributed by atoms with Gasteiger partial charge < -0.3 is 9.47 Å². The molecule has 0 saturated carbocycles. The topological polar surface area (TPSA) is 38.8 Å². The highest BCUT2D eigenvalue weighted by Crippen LogP contribution is 2.41. The smallest absolute Gasteiger partial charge is 0.308 e. The van der Waals surface area contributed by atoms with E-state index in [4.69, 9.17) is 9.47 Å². The lowest BCUT2D eigenvalue weighted by Crippen LogP contribution is -2.42. The molecule has 1 heterocycles. The summed E-state index contributed by atoms with van der Waals surface area (Å²) in [5, 5.41) is 0. The third-order valence-corrected chi connectivity index (χ3v) is 4.01. The first-order valence-corrected chi connectivity index (χ1v) is 9.58. The van der Waals surface area contributed by atoms with Crippen LogP contribution < -0.4 is 0 Å². The lowest BCUT2D eigenvalue weighted by molar-refractivity contribution is -0.148. The van der Waals surface area contributed by atoms with Crippen molar-refractivity contribution in [2.75, 3.05) is 13.3 Å². The summed E-state index contributed by atoms with van der Waals surface area (Å²) in [6.45, 7) is 17.7. The number of carbonyl (C=O) groups excluding carboxylic acids is 1. The van der Waals surface area contributed by atoms with Crippen molar-refractivity contribution in [2.45, 2.75) is 80.0 Å². The van der Waals surface area contributed by atoms with Crippen molar-refractivity contribution in [2.24, 2.45) is 0 Å². The molecule has 1 atom stereocenters. The highest BCUT2D eigenvalue weighted by molar-refractivity contribution is 5.71. The van der Waals surface area contributed by atoms with Gasteiger partial charge in [-0.15, -0.1) is 0 Å². The van der Waals surface area contributed by atoms with E-state index in [1.54, 1.807) is 0 Å². The Morgan fingerprint density at radius 1 is 1.20 bits per heavy atom. The summed E-state index contributed by atoms with van der Waals surface area (Å²) < 4.78 is 10.9. The number of hydrogen-bond donors (Lipinski definition) is 0. The molecule has 0 radical (unpaired) electrons. The number of ether oxygens (including phenoxy) is 2. The van der Waals surface area contributed by atoms with Crippen molar-refractivity contribution in [1.82, 2.24) is 4.90 Å². The van der Waals surface area contributed by atoms with Crippen LogP contribution in [0.5, 0.6) is 0 Å². The second kappa shape index (κ2) is 12.0. The van der Waals surface area contributed by atoms with E-state index >= 15 is 0 Å². The number of hydrogen-bond acceptors (Lipinski definition) is 4. The first kappa shape index (κ1) is 23.6. The van der Waals surface area contributed by atoms with Gasteiger partial charge in [-0.05, 0) is 38.8 Å². The molecule has 0 aliphatic carbocycles. The molecular weight excluding hydrogens is 314 g/mol. The van der Waals surface area contributed by atoms with E-state index < -0.39 is 0 Å². The Labute approximate surface area is 154 Å². The van der Waals surface area contributed by atoms with Crippen molar-refractivity contribution in [3.8, 4) is 0 Å². The van der Waals surface area contributed by atoms with Gasteiger partial charge in [0.25, 0.3) is 0 Å². The zero-order valence-corrected chi connectivity index (χ0v) is 17.4. The molecule has 1 aromatic rings. The summed E-state index contributed by atoms with van der Waals surface area (Å²) >= 11 is 0. The Kier molecular flexibility index (Phi) is 11.4. The average Bonchev–Trinajstić information content (AvgIpc) is 2.89. The van der Waals surface area contributed by atoms with Crippen molar-refractivity contribution in [3.05, 3.63) is 35.4 Å². The van der Waals surface area contributed by atoms with E-state index in [0.29, 0.717) is 19.8 Å². The second-order valence-corrected chi connectivity index (χ2v) is 5.96. The molecule has 0 aromatic heterocycles. The first-order valence-electron chi connectivity index (χ1n) is 9.58. The SMILES string of the molecule is CC.CC.CCOC(=O)CC1(C)c2ccccc2CN1COC(C)C. The zero-order valence-electron chi connectivity index (χ0n) is 17.4. The van der Waals surface area contributed by atoms with E-state index in [-0.39, 0.29) is 17.6 Å². The fourth-order valence-electron chi connectivity index (χ4n) is 2.86. The molecule has 0 N–H and O–H groups in total. The minimum Gasteiger partial charge on any atom is -0.466 e. The number of esters is 1. The van der Waals surface area contributed by atoms with Gasteiger partial charge >= 0.3 is 5.97 Å². The fraction of sp³-hybridized carbons (Fsp3) is 0.667. The van der Waals surface area contributed by atoms with Crippen LogP contribution in [0.25, 0.3) is 0 Å². The maximum absolute atomic E-state index is 12.0. The lowest BCUT2D eigenvalue weighted by atomic mass is 9.88. The van der Waals surface area contributed by atoms with Gasteiger partial charge in [-0.2, -0.15) is 0 Å². The summed E-state index contributed by atoms with van der Waals surface area (Å²) in [6.07, 6.45) is 0.514. The van der Waals surface area contributed by atoms with E-state index in [0.717, 1.165) is 6.54 Å². The van der Waals surface area contributed by atoms with Crippen molar-refractivity contribution >= 4 is 5.97 Å². The molecular formula is C21H37NO3. The third-order valence-electron chi connectivity index (χ3n) is 4.01. The molecule has 0 bridgehead atoms. The minimum atomic E-state index is -0.363. The third kappa shape index (κ3) is 6.44. The van der Waals surface area contributed by atoms with Gasteiger partial charge in [0.05, 0.1) is 24.7 Å². The molecule has 0 spiro atoms. The van der Waals surface area contributed by atoms with Gasteiger partial charge in [0.15, 0.2) is 0 Å². The first-order chi connectivity index (χ1) is 12.0. The van der Waals surface area contributed by atoms with Crippen LogP contribution >= 0.6 is 0 Å². The van der Waals surface area contributed by atoms with Crippen LogP contribution in [0.3, 0.4) is 0 Å². The summed E-state index contributed by atoms with van der Waals surface area (Å²) in [5.41, 5.74) is 2.10. The summed E-state index contributed by atoms with van der Waals surface area (Å²) in [5.74, 6) is -0.161. The van der Waals surface area contributed by atoms with E-state index in [1.165, 1.54) is 11.1 Å². The van der Waals surface area contributed by atoms with Gasteiger partial charge in [0, 0.05) is 6.54 Å². The highest BCUT2D eigenvalue weighted by atomic mass is 16.5.